The smallest absolute Gasteiger partial charge is 0.127 e. The van der Waals surface area contributed by atoms with Gasteiger partial charge in [-0.25, -0.2) is 0 Å². The number of rotatable bonds is 4. The highest BCUT2D eigenvalue weighted by Crippen LogP contribution is 2.30. The van der Waals surface area contributed by atoms with Crippen molar-refractivity contribution in [3.05, 3.63) is 28.1 Å². The van der Waals surface area contributed by atoms with Gasteiger partial charge in [-0.1, -0.05) is 6.92 Å². The lowest BCUT2D eigenvalue weighted by Gasteiger charge is -2.13. The van der Waals surface area contributed by atoms with Gasteiger partial charge in [0.15, 0.2) is 0 Å². The van der Waals surface area contributed by atoms with Gasteiger partial charge in [0.2, 0.25) is 0 Å². The van der Waals surface area contributed by atoms with Crippen LogP contribution >= 0.6 is 15.9 Å². The van der Waals surface area contributed by atoms with Gasteiger partial charge in [0, 0.05) is 12.1 Å². The normalized spacial score (nSPS) is 12.9. The number of aliphatic hydroxyl groups excluding tert-OH is 1. The molecule has 0 aliphatic rings. The molecular weight excluding hydrogens is 286 g/mol. The summed E-state index contributed by atoms with van der Waals surface area (Å²) in [4.78, 5) is 0. The molecule has 0 radical (unpaired) electrons. The Morgan fingerprint density at radius 2 is 2.35 bits per heavy atom. The summed E-state index contributed by atoms with van der Waals surface area (Å²) in [6.45, 7) is 2.80. The van der Waals surface area contributed by atoms with Gasteiger partial charge >= 0.3 is 0 Å². The summed E-state index contributed by atoms with van der Waals surface area (Å²) in [5.74, 6) is 0.369. The van der Waals surface area contributed by atoms with Gasteiger partial charge in [-0.2, -0.15) is 10.2 Å². The summed E-state index contributed by atoms with van der Waals surface area (Å²) in [6.07, 6.45) is 3.30. The van der Waals surface area contributed by atoms with Crippen molar-refractivity contribution in [1.29, 1.82) is 0 Å². The number of H-pyrrole nitrogens is 1. The molecule has 1 atom stereocenters. The minimum absolute atomic E-state index is 0.369. The van der Waals surface area contributed by atoms with Gasteiger partial charge in [-0.05, 0) is 22.4 Å². The highest BCUT2D eigenvalue weighted by Gasteiger charge is 2.22. The van der Waals surface area contributed by atoms with Gasteiger partial charge in [-0.3, -0.25) is 9.78 Å². The van der Waals surface area contributed by atoms with Crippen molar-refractivity contribution in [2.75, 3.05) is 5.73 Å². The van der Waals surface area contributed by atoms with E-state index in [0.29, 0.717) is 17.1 Å². The Morgan fingerprint density at radius 1 is 1.59 bits per heavy atom. The molecule has 0 bridgehead atoms. The Balaban J connectivity index is 2.39. The molecule has 0 aliphatic heterocycles. The zero-order chi connectivity index (χ0) is 12.4. The third kappa shape index (κ3) is 2.20. The van der Waals surface area contributed by atoms with E-state index in [-0.39, 0.29) is 0 Å². The molecule has 17 heavy (non-hydrogen) atoms. The van der Waals surface area contributed by atoms with E-state index in [1.54, 1.807) is 10.9 Å². The second-order valence-electron chi connectivity index (χ2n) is 3.74. The number of aromatic nitrogens is 4. The molecule has 0 aliphatic carbocycles. The third-order valence-corrected chi connectivity index (χ3v) is 3.13. The van der Waals surface area contributed by atoms with E-state index >= 15 is 0 Å². The molecule has 6 nitrogen and oxygen atoms in total. The molecular formula is C10H14BrN5O. The van der Waals surface area contributed by atoms with Gasteiger partial charge in [0.05, 0.1) is 22.6 Å². The van der Waals surface area contributed by atoms with Gasteiger partial charge in [0.1, 0.15) is 11.9 Å². The maximum absolute atomic E-state index is 10.3. The Hall–Kier alpha value is -1.34. The van der Waals surface area contributed by atoms with E-state index in [1.807, 2.05) is 0 Å². The zero-order valence-electron chi connectivity index (χ0n) is 9.39. The van der Waals surface area contributed by atoms with Gasteiger partial charge in [-0.15, -0.1) is 0 Å². The Labute approximate surface area is 107 Å². The number of nitrogens with zero attached hydrogens (tertiary/aromatic N) is 3. The molecule has 0 saturated heterocycles. The first-order valence-electron chi connectivity index (χ1n) is 5.33. The van der Waals surface area contributed by atoms with E-state index in [4.69, 9.17) is 5.73 Å². The minimum Gasteiger partial charge on any atom is -0.384 e. The lowest BCUT2D eigenvalue weighted by molar-refractivity contribution is 0.207. The van der Waals surface area contributed by atoms with Crippen LogP contribution in [0.1, 0.15) is 30.7 Å². The van der Waals surface area contributed by atoms with Crippen LogP contribution in [0.2, 0.25) is 0 Å². The van der Waals surface area contributed by atoms with E-state index in [2.05, 4.69) is 38.1 Å². The third-order valence-electron chi connectivity index (χ3n) is 2.52. The van der Waals surface area contributed by atoms with Crippen LogP contribution < -0.4 is 5.73 Å². The average Bonchev–Trinajstić information content (AvgIpc) is 2.86. The van der Waals surface area contributed by atoms with Crippen LogP contribution in [0.5, 0.6) is 0 Å². The predicted molar refractivity (Wildman–Crippen MR) is 67.3 cm³/mol. The summed E-state index contributed by atoms with van der Waals surface area (Å²) in [5, 5.41) is 20.9. The van der Waals surface area contributed by atoms with Crippen molar-refractivity contribution in [1.82, 2.24) is 20.0 Å². The lowest BCUT2D eigenvalue weighted by Crippen LogP contribution is -2.11. The maximum atomic E-state index is 10.3. The van der Waals surface area contributed by atoms with Crippen molar-refractivity contribution in [2.45, 2.75) is 26.0 Å². The van der Waals surface area contributed by atoms with E-state index in [0.717, 1.165) is 17.4 Å². The quantitative estimate of drug-likeness (QED) is 0.796. The molecule has 4 N–H and O–H groups in total. The standard InChI is InChI=1S/C10H14BrN5O/c1-2-3-16-8(7(11)5-14-16)9(17)6-4-13-15-10(6)12/h4-5,9,17H,2-3H2,1H3,(H3,12,13,15). The molecule has 0 fully saturated rings. The molecule has 0 aromatic carbocycles. The fourth-order valence-corrected chi connectivity index (χ4v) is 2.22. The topological polar surface area (TPSA) is 92.7 Å². The van der Waals surface area contributed by atoms with E-state index in [1.165, 1.54) is 6.20 Å². The minimum atomic E-state index is -0.836. The molecule has 0 spiro atoms. The molecule has 0 saturated carbocycles. The number of nitrogens with one attached hydrogen (secondary N) is 1. The van der Waals surface area contributed by atoms with Crippen LogP contribution in [-0.4, -0.2) is 25.1 Å². The SMILES string of the molecule is CCCn1ncc(Br)c1C(O)c1cn[nH]c1N. The highest BCUT2D eigenvalue weighted by molar-refractivity contribution is 9.10. The number of aliphatic hydroxyl groups is 1. The molecule has 2 rings (SSSR count). The van der Waals surface area contributed by atoms with Crippen LogP contribution in [0.3, 0.4) is 0 Å². The number of hydrogen-bond acceptors (Lipinski definition) is 4. The van der Waals surface area contributed by atoms with Crippen molar-refractivity contribution < 1.29 is 5.11 Å². The Bertz CT molecular complexity index is 507. The number of nitrogen functional groups attached to an aromatic ring is 1. The lowest BCUT2D eigenvalue weighted by atomic mass is 10.1. The molecule has 2 heterocycles. The first kappa shape index (κ1) is 12.1. The number of hydrogen-bond donors (Lipinski definition) is 3. The fourth-order valence-electron chi connectivity index (χ4n) is 1.70. The molecule has 0 amide bonds. The van der Waals surface area contributed by atoms with E-state index in [9.17, 15) is 5.11 Å². The average molecular weight is 300 g/mol. The summed E-state index contributed by atoms with van der Waals surface area (Å²) < 4.78 is 2.53. The van der Waals surface area contributed by atoms with Crippen molar-refractivity contribution in [2.24, 2.45) is 0 Å². The summed E-state index contributed by atoms with van der Waals surface area (Å²) in [5.41, 5.74) is 6.95. The second-order valence-corrected chi connectivity index (χ2v) is 4.60. The summed E-state index contributed by atoms with van der Waals surface area (Å²) in [6, 6.07) is 0. The Morgan fingerprint density at radius 3 is 2.94 bits per heavy atom. The van der Waals surface area contributed by atoms with Crippen molar-refractivity contribution >= 4 is 21.7 Å². The zero-order valence-corrected chi connectivity index (χ0v) is 11.0. The molecule has 7 heteroatoms. The Kier molecular flexibility index (Phi) is 3.49. The highest BCUT2D eigenvalue weighted by atomic mass is 79.9. The van der Waals surface area contributed by atoms with Crippen LogP contribution in [0.15, 0.2) is 16.9 Å². The first-order chi connectivity index (χ1) is 8.15. The van der Waals surface area contributed by atoms with Crippen LogP contribution in [0.25, 0.3) is 0 Å². The summed E-state index contributed by atoms with van der Waals surface area (Å²) >= 11 is 3.38. The number of halogens is 1. The van der Waals surface area contributed by atoms with Crippen LogP contribution in [-0.2, 0) is 6.54 Å². The first-order valence-corrected chi connectivity index (χ1v) is 6.12. The maximum Gasteiger partial charge on any atom is 0.127 e. The molecule has 2 aromatic rings. The van der Waals surface area contributed by atoms with Gasteiger partial charge in [0.25, 0.3) is 0 Å². The number of aromatic amines is 1. The van der Waals surface area contributed by atoms with Crippen LogP contribution in [0, 0.1) is 0 Å². The second kappa shape index (κ2) is 4.89. The number of aryl methyl sites for hydroxylation is 1. The van der Waals surface area contributed by atoms with Gasteiger partial charge < -0.3 is 10.8 Å². The number of nitrogens with two attached hydrogens (primary N) is 1. The molecule has 92 valence electrons. The van der Waals surface area contributed by atoms with E-state index < -0.39 is 6.10 Å². The summed E-state index contributed by atoms with van der Waals surface area (Å²) in [7, 11) is 0. The van der Waals surface area contributed by atoms with Crippen molar-refractivity contribution in [3.8, 4) is 0 Å². The molecule has 2 aromatic heterocycles. The van der Waals surface area contributed by atoms with Crippen LogP contribution in [0.4, 0.5) is 5.82 Å². The fraction of sp³-hybridized carbons (Fsp3) is 0.400. The predicted octanol–water partition coefficient (Wildman–Crippen LogP) is 1.44. The number of anilines is 1. The van der Waals surface area contributed by atoms with Crippen molar-refractivity contribution in [3.63, 3.8) is 0 Å². The largest absolute Gasteiger partial charge is 0.384 e. The molecule has 1 unspecified atom stereocenters. The monoisotopic (exact) mass is 299 g/mol.